The topological polar surface area (TPSA) is 113 Å². The third kappa shape index (κ3) is 3.87. The molecule has 154 valence electrons. The van der Waals surface area contributed by atoms with Gasteiger partial charge in [-0.2, -0.15) is 4.98 Å². The van der Waals surface area contributed by atoms with Gasteiger partial charge in [0.05, 0.1) is 5.69 Å². The lowest BCUT2D eigenvalue weighted by Crippen LogP contribution is -1.98. The summed E-state index contributed by atoms with van der Waals surface area (Å²) < 4.78 is 18.5. The van der Waals surface area contributed by atoms with Gasteiger partial charge in [-0.1, -0.05) is 42.5 Å². The van der Waals surface area contributed by atoms with Crippen molar-refractivity contribution >= 4 is 30.4 Å². The Hall–Kier alpha value is -3.71. The van der Waals surface area contributed by atoms with Gasteiger partial charge in [0, 0.05) is 16.8 Å². The van der Waals surface area contributed by atoms with E-state index < -0.39 is 7.60 Å². The molecule has 0 aliphatic heterocycles. The summed E-state index contributed by atoms with van der Waals surface area (Å²) >= 11 is 0. The van der Waals surface area contributed by atoms with Crippen LogP contribution in [0.3, 0.4) is 0 Å². The number of hydrogen-bond donors (Lipinski definition) is 3. The summed E-state index contributed by atoms with van der Waals surface area (Å²) in [4.78, 5) is 23.1. The lowest BCUT2D eigenvalue weighted by molar-refractivity contribution is 0.377. The fourth-order valence-electron chi connectivity index (χ4n) is 3.30. The summed E-state index contributed by atoms with van der Waals surface area (Å²) in [7, 11) is -4.44. The van der Waals surface area contributed by atoms with E-state index >= 15 is 0 Å². The van der Waals surface area contributed by atoms with Gasteiger partial charge in [0.25, 0.3) is 0 Å². The van der Waals surface area contributed by atoms with E-state index in [9.17, 15) is 14.4 Å². The van der Waals surface area contributed by atoms with Crippen LogP contribution in [-0.2, 0) is 4.57 Å². The van der Waals surface area contributed by atoms with Crippen LogP contribution >= 0.6 is 7.60 Å². The zero-order valence-electron chi connectivity index (χ0n) is 16.1. The predicted octanol–water partition coefficient (Wildman–Crippen LogP) is 4.20. The van der Waals surface area contributed by atoms with Crippen LogP contribution in [0.2, 0.25) is 0 Å². The first-order chi connectivity index (χ1) is 15.0. The van der Waals surface area contributed by atoms with Crippen molar-refractivity contribution in [3.05, 3.63) is 84.9 Å². The third-order valence-electron chi connectivity index (χ3n) is 4.71. The molecule has 31 heavy (non-hydrogen) atoms. The van der Waals surface area contributed by atoms with Gasteiger partial charge < -0.3 is 19.5 Å². The SMILES string of the molecule is O=P(O)(O)c1ccc(-c2cccc(-c3cccc4nc(Nc5ccccc5)nn34)c2)o1. The molecule has 9 heteroatoms. The van der Waals surface area contributed by atoms with Crippen molar-refractivity contribution in [2.24, 2.45) is 0 Å². The molecule has 0 unspecified atom stereocenters. The number of furan rings is 1. The van der Waals surface area contributed by atoms with Gasteiger partial charge >= 0.3 is 7.60 Å². The lowest BCUT2D eigenvalue weighted by atomic mass is 10.1. The van der Waals surface area contributed by atoms with E-state index in [1.54, 1.807) is 10.6 Å². The summed E-state index contributed by atoms with van der Waals surface area (Å²) in [6, 6.07) is 25.7. The second-order valence-corrected chi connectivity index (χ2v) is 8.40. The fraction of sp³-hybridized carbons (Fsp3) is 0. The second-order valence-electron chi connectivity index (χ2n) is 6.87. The molecular formula is C22H17N4O4P. The number of hydrogen-bond acceptors (Lipinski definition) is 5. The monoisotopic (exact) mass is 432 g/mol. The molecule has 0 spiro atoms. The normalized spacial score (nSPS) is 11.7. The van der Waals surface area contributed by atoms with Crippen molar-refractivity contribution in [2.75, 3.05) is 5.32 Å². The maximum absolute atomic E-state index is 11.4. The van der Waals surface area contributed by atoms with E-state index in [0.29, 0.717) is 22.9 Å². The highest BCUT2D eigenvalue weighted by molar-refractivity contribution is 7.59. The first-order valence-corrected chi connectivity index (χ1v) is 11.0. The molecule has 5 rings (SSSR count). The van der Waals surface area contributed by atoms with E-state index in [2.05, 4.69) is 15.4 Å². The van der Waals surface area contributed by atoms with Crippen LogP contribution in [0.5, 0.6) is 0 Å². The number of rotatable bonds is 5. The Morgan fingerprint density at radius 3 is 2.42 bits per heavy atom. The van der Waals surface area contributed by atoms with Gasteiger partial charge in [-0.3, -0.25) is 4.57 Å². The minimum Gasteiger partial charge on any atom is -0.448 e. The Balaban J connectivity index is 1.53. The number of benzene rings is 2. The Kier molecular flexibility index (Phi) is 4.67. The minimum atomic E-state index is -4.44. The van der Waals surface area contributed by atoms with Gasteiger partial charge in [-0.25, -0.2) is 4.52 Å². The molecule has 0 radical (unpaired) electrons. The standard InChI is InChI=1S/C22H17N4O4P/c27-31(28,29)21-13-12-19(30-21)16-7-4-6-15(14-16)18-10-5-11-20-24-22(25-26(18)20)23-17-8-2-1-3-9-17/h1-14H,(H,23,25)(H2,27,28,29). The molecule has 0 fully saturated rings. The maximum Gasteiger partial charge on any atom is 0.391 e. The number of nitrogens with zero attached hydrogens (tertiary/aromatic N) is 3. The summed E-state index contributed by atoms with van der Waals surface area (Å²) in [6.45, 7) is 0. The van der Waals surface area contributed by atoms with Crippen LogP contribution in [0.25, 0.3) is 28.2 Å². The average molecular weight is 432 g/mol. The number of para-hydroxylation sites is 1. The van der Waals surface area contributed by atoms with Crippen LogP contribution < -0.4 is 10.8 Å². The number of aromatic nitrogens is 3. The smallest absolute Gasteiger partial charge is 0.391 e. The quantitative estimate of drug-likeness (QED) is 0.357. The van der Waals surface area contributed by atoms with Crippen molar-refractivity contribution in [1.82, 2.24) is 14.6 Å². The summed E-state index contributed by atoms with van der Waals surface area (Å²) in [6.07, 6.45) is 0. The van der Waals surface area contributed by atoms with E-state index in [4.69, 9.17) is 4.42 Å². The number of fused-ring (bicyclic) bond motifs is 1. The van der Waals surface area contributed by atoms with E-state index in [1.165, 1.54) is 6.07 Å². The first-order valence-electron chi connectivity index (χ1n) is 9.42. The van der Waals surface area contributed by atoms with Crippen LogP contribution in [0.15, 0.2) is 89.3 Å². The molecule has 0 amide bonds. The summed E-state index contributed by atoms with van der Waals surface area (Å²) in [5.41, 5.74) is 3.58. The molecule has 0 saturated carbocycles. The predicted molar refractivity (Wildman–Crippen MR) is 118 cm³/mol. The maximum atomic E-state index is 11.4. The highest BCUT2D eigenvalue weighted by Gasteiger charge is 2.22. The summed E-state index contributed by atoms with van der Waals surface area (Å²) in [5, 5.41) is 7.79. The molecule has 8 nitrogen and oxygen atoms in total. The molecule has 2 aromatic carbocycles. The Morgan fingerprint density at radius 1 is 0.871 bits per heavy atom. The third-order valence-corrected chi connectivity index (χ3v) is 5.53. The van der Waals surface area contributed by atoms with Gasteiger partial charge in [0.15, 0.2) is 5.65 Å². The van der Waals surface area contributed by atoms with Gasteiger partial charge in [-0.15, -0.1) is 5.10 Å². The zero-order valence-corrected chi connectivity index (χ0v) is 17.0. The van der Waals surface area contributed by atoms with Crippen LogP contribution in [-0.4, -0.2) is 24.4 Å². The second kappa shape index (κ2) is 7.52. The number of nitrogens with one attached hydrogen (secondary N) is 1. The van der Waals surface area contributed by atoms with E-state index in [1.807, 2.05) is 72.8 Å². The molecule has 0 aliphatic carbocycles. The Labute approximate surface area is 177 Å². The van der Waals surface area contributed by atoms with Crippen molar-refractivity contribution in [3.8, 4) is 22.6 Å². The van der Waals surface area contributed by atoms with Gasteiger partial charge in [0.2, 0.25) is 11.4 Å². The molecule has 3 N–H and O–H groups in total. The molecule has 0 atom stereocenters. The first kappa shape index (κ1) is 19.3. The number of anilines is 2. The van der Waals surface area contributed by atoms with Crippen molar-refractivity contribution in [3.63, 3.8) is 0 Å². The van der Waals surface area contributed by atoms with Crippen molar-refractivity contribution < 1.29 is 18.8 Å². The van der Waals surface area contributed by atoms with E-state index in [0.717, 1.165) is 16.9 Å². The largest absolute Gasteiger partial charge is 0.448 e. The van der Waals surface area contributed by atoms with Crippen LogP contribution in [0.1, 0.15) is 0 Å². The van der Waals surface area contributed by atoms with Crippen LogP contribution in [0, 0.1) is 0 Å². The molecule has 5 aromatic rings. The number of pyridine rings is 1. The van der Waals surface area contributed by atoms with Crippen molar-refractivity contribution in [2.45, 2.75) is 0 Å². The van der Waals surface area contributed by atoms with Gasteiger partial charge in [0.1, 0.15) is 5.76 Å². The van der Waals surface area contributed by atoms with Gasteiger partial charge in [-0.05, 0) is 42.5 Å². The molecular weight excluding hydrogens is 415 g/mol. The molecule has 0 bridgehead atoms. The van der Waals surface area contributed by atoms with Crippen molar-refractivity contribution in [1.29, 1.82) is 0 Å². The minimum absolute atomic E-state index is 0.358. The molecule has 0 aliphatic rings. The summed E-state index contributed by atoms with van der Waals surface area (Å²) in [5.74, 6) is 0.851. The Morgan fingerprint density at radius 2 is 1.65 bits per heavy atom. The fourth-order valence-corrected chi connectivity index (χ4v) is 3.78. The van der Waals surface area contributed by atoms with Crippen LogP contribution in [0.4, 0.5) is 11.6 Å². The highest BCUT2D eigenvalue weighted by Crippen LogP contribution is 2.36. The van der Waals surface area contributed by atoms with E-state index in [-0.39, 0.29) is 5.50 Å². The average Bonchev–Trinajstić information content (AvgIpc) is 3.41. The molecule has 3 heterocycles. The lowest BCUT2D eigenvalue weighted by Gasteiger charge is -2.06. The zero-order chi connectivity index (χ0) is 21.4. The highest BCUT2D eigenvalue weighted by atomic mass is 31.2. The Bertz CT molecular complexity index is 1420. The molecule has 0 saturated heterocycles. The molecule has 3 aromatic heterocycles.